The van der Waals surface area contributed by atoms with Crippen LogP contribution in [0.3, 0.4) is 0 Å². The Bertz CT molecular complexity index is 744. The standard InChI is InChI=1S/C18H17Cl2NO3/c1-11-3-5-13(6-4-11)10-21-17(22)12(2)24-18(23)15-8-7-14(19)9-16(15)20/h3-9,12H,10H2,1-2H3,(H,21,22)/t12-/m0/s1. The molecular formula is C18H17Cl2NO3. The van der Waals surface area contributed by atoms with Crippen LogP contribution in [0.5, 0.6) is 0 Å². The summed E-state index contributed by atoms with van der Waals surface area (Å²) in [5.74, 6) is -1.05. The molecule has 2 aromatic carbocycles. The Morgan fingerprint density at radius 3 is 2.42 bits per heavy atom. The first-order chi connectivity index (χ1) is 11.4. The number of benzene rings is 2. The van der Waals surface area contributed by atoms with Gasteiger partial charge in [0.2, 0.25) is 0 Å². The molecule has 0 aliphatic heterocycles. The van der Waals surface area contributed by atoms with Crippen LogP contribution in [0, 0.1) is 6.92 Å². The summed E-state index contributed by atoms with van der Waals surface area (Å²) in [7, 11) is 0. The maximum Gasteiger partial charge on any atom is 0.340 e. The summed E-state index contributed by atoms with van der Waals surface area (Å²) in [6.45, 7) is 3.86. The summed E-state index contributed by atoms with van der Waals surface area (Å²) < 4.78 is 5.15. The number of nitrogens with one attached hydrogen (secondary N) is 1. The van der Waals surface area contributed by atoms with Gasteiger partial charge < -0.3 is 10.1 Å². The molecule has 0 heterocycles. The fourth-order valence-electron chi connectivity index (χ4n) is 1.97. The monoisotopic (exact) mass is 365 g/mol. The van der Waals surface area contributed by atoms with Gasteiger partial charge in [0.1, 0.15) is 0 Å². The molecule has 1 amide bonds. The zero-order valence-electron chi connectivity index (χ0n) is 13.3. The molecule has 0 spiro atoms. The van der Waals surface area contributed by atoms with Gasteiger partial charge in [-0.3, -0.25) is 4.79 Å². The van der Waals surface area contributed by atoms with Gasteiger partial charge in [0.25, 0.3) is 5.91 Å². The summed E-state index contributed by atoms with van der Waals surface area (Å²) in [6, 6.07) is 12.2. The Kier molecular flexibility index (Phi) is 6.23. The van der Waals surface area contributed by atoms with Crippen molar-refractivity contribution in [3.63, 3.8) is 0 Å². The molecule has 0 aliphatic carbocycles. The molecule has 24 heavy (non-hydrogen) atoms. The number of carbonyl (C=O) groups is 2. The van der Waals surface area contributed by atoms with Crippen molar-refractivity contribution >= 4 is 35.1 Å². The van der Waals surface area contributed by atoms with Crippen molar-refractivity contribution < 1.29 is 14.3 Å². The fraction of sp³-hybridized carbons (Fsp3) is 0.222. The van der Waals surface area contributed by atoms with Crippen molar-refractivity contribution in [2.24, 2.45) is 0 Å². The molecule has 0 aliphatic rings. The highest BCUT2D eigenvalue weighted by Crippen LogP contribution is 2.22. The molecule has 0 saturated heterocycles. The van der Waals surface area contributed by atoms with Crippen molar-refractivity contribution in [2.75, 3.05) is 0 Å². The number of halogens is 2. The second-order valence-electron chi connectivity index (χ2n) is 5.38. The molecule has 126 valence electrons. The Labute approximate surface area is 150 Å². The minimum atomic E-state index is -0.935. The molecule has 1 N–H and O–H groups in total. The lowest BCUT2D eigenvalue weighted by molar-refractivity contribution is -0.129. The van der Waals surface area contributed by atoms with Crippen LogP contribution in [0.2, 0.25) is 10.0 Å². The highest BCUT2D eigenvalue weighted by molar-refractivity contribution is 6.36. The van der Waals surface area contributed by atoms with E-state index in [9.17, 15) is 9.59 Å². The van der Waals surface area contributed by atoms with Crippen LogP contribution in [0.4, 0.5) is 0 Å². The van der Waals surface area contributed by atoms with Gasteiger partial charge >= 0.3 is 5.97 Å². The molecule has 0 aromatic heterocycles. The molecule has 0 radical (unpaired) electrons. The summed E-state index contributed by atoms with van der Waals surface area (Å²) in [5.41, 5.74) is 2.28. The van der Waals surface area contributed by atoms with Gasteiger partial charge in [0.15, 0.2) is 6.10 Å². The number of aryl methyl sites for hydroxylation is 1. The van der Waals surface area contributed by atoms with E-state index in [1.165, 1.54) is 25.1 Å². The zero-order chi connectivity index (χ0) is 17.7. The van der Waals surface area contributed by atoms with E-state index in [0.717, 1.165) is 11.1 Å². The van der Waals surface area contributed by atoms with E-state index >= 15 is 0 Å². The SMILES string of the molecule is Cc1ccc(CNC(=O)[C@H](C)OC(=O)c2ccc(Cl)cc2Cl)cc1. The molecule has 0 unspecified atom stereocenters. The Morgan fingerprint density at radius 2 is 1.79 bits per heavy atom. The van der Waals surface area contributed by atoms with Gasteiger partial charge in [0, 0.05) is 11.6 Å². The highest BCUT2D eigenvalue weighted by Gasteiger charge is 2.20. The third-order valence-electron chi connectivity index (χ3n) is 3.39. The van der Waals surface area contributed by atoms with Crippen LogP contribution >= 0.6 is 23.2 Å². The molecule has 0 saturated carbocycles. The third-order valence-corrected chi connectivity index (χ3v) is 3.94. The van der Waals surface area contributed by atoms with Gasteiger partial charge in [-0.15, -0.1) is 0 Å². The molecule has 2 rings (SSSR count). The number of amides is 1. The molecule has 6 heteroatoms. The minimum absolute atomic E-state index is 0.166. The average molecular weight is 366 g/mol. The number of carbonyl (C=O) groups excluding carboxylic acids is 2. The van der Waals surface area contributed by atoms with Crippen molar-refractivity contribution in [1.29, 1.82) is 0 Å². The average Bonchev–Trinajstić information content (AvgIpc) is 2.53. The zero-order valence-corrected chi connectivity index (χ0v) is 14.8. The van der Waals surface area contributed by atoms with E-state index in [0.29, 0.717) is 11.6 Å². The van der Waals surface area contributed by atoms with Crippen LogP contribution < -0.4 is 5.32 Å². The van der Waals surface area contributed by atoms with Crippen molar-refractivity contribution in [3.05, 3.63) is 69.2 Å². The summed E-state index contributed by atoms with van der Waals surface area (Å²) in [4.78, 5) is 24.1. The summed E-state index contributed by atoms with van der Waals surface area (Å²) in [6.07, 6.45) is -0.935. The maximum absolute atomic E-state index is 12.1. The van der Waals surface area contributed by atoms with Crippen LogP contribution in [-0.2, 0) is 16.1 Å². The first-order valence-corrected chi connectivity index (χ1v) is 8.11. The predicted molar refractivity (Wildman–Crippen MR) is 94.4 cm³/mol. The van der Waals surface area contributed by atoms with E-state index in [-0.39, 0.29) is 16.5 Å². The Hall–Kier alpha value is -2.04. The lowest BCUT2D eigenvalue weighted by atomic mass is 10.1. The van der Waals surface area contributed by atoms with Gasteiger partial charge in [-0.25, -0.2) is 4.79 Å². The largest absolute Gasteiger partial charge is 0.449 e. The topological polar surface area (TPSA) is 55.4 Å². The molecule has 2 aromatic rings. The normalized spacial score (nSPS) is 11.7. The van der Waals surface area contributed by atoms with Crippen LogP contribution in [0.15, 0.2) is 42.5 Å². The van der Waals surface area contributed by atoms with E-state index in [1.54, 1.807) is 0 Å². The van der Waals surface area contributed by atoms with Gasteiger partial charge in [-0.05, 0) is 37.6 Å². The number of hydrogen-bond donors (Lipinski definition) is 1. The molecule has 0 bridgehead atoms. The Morgan fingerprint density at radius 1 is 1.12 bits per heavy atom. The van der Waals surface area contributed by atoms with Crippen LogP contribution in [0.1, 0.15) is 28.4 Å². The van der Waals surface area contributed by atoms with Crippen molar-refractivity contribution in [1.82, 2.24) is 5.32 Å². The van der Waals surface area contributed by atoms with Gasteiger partial charge in [0.05, 0.1) is 10.6 Å². The molecular weight excluding hydrogens is 349 g/mol. The lowest BCUT2D eigenvalue weighted by Gasteiger charge is -2.14. The first-order valence-electron chi connectivity index (χ1n) is 7.36. The Balaban J connectivity index is 1.90. The summed E-state index contributed by atoms with van der Waals surface area (Å²) >= 11 is 11.7. The van der Waals surface area contributed by atoms with Crippen molar-refractivity contribution in [2.45, 2.75) is 26.5 Å². The number of ether oxygens (including phenoxy) is 1. The van der Waals surface area contributed by atoms with E-state index < -0.39 is 12.1 Å². The number of esters is 1. The van der Waals surface area contributed by atoms with Crippen molar-refractivity contribution in [3.8, 4) is 0 Å². The fourth-order valence-corrected chi connectivity index (χ4v) is 2.46. The molecule has 0 fully saturated rings. The highest BCUT2D eigenvalue weighted by atomic mass is 35.5. The van der Waals surface area contributed by atoms with E-state index in [4.69, 9.17) is 27.9 Å². The quantitative estimate of drug-likeness (QED) is 0.809. The smallest absolute Gasteiger partial charge is 0.340 e. The maximum atomic E-state index is 12.1. The number of rotatable bonds is 5. The summed E-state index contributed by atoms with van der Waals surface area (Å²) in [5, 5.41) is 3.33. The third kappa shape index (κ3) is 4.98. The lowest BCUT2D eigenvalue weighted by Crippen LogP contribution is -2.35. The van der Waals surface area contributed by atoms with E-state index in [1.807, 2.05) is 31.2 Å². The second-order valence-corrected chi connectivity index (χ2v) is 6.22. The predicted octanol–water partition coefficient (Wildman–Crippen LogP) is 4.16. The van der Waals surface area contributed by atoms with E-state index in [2.05, 4.69) is 5.32 Å². The molecule has 1 atom stereocenters. The number of hydrogen-bond acceptors (Lipinski definition) is 3. The van der Waals surface area contributed by atoms with Gasteiger partial charge in [-0.1, -0.05) is 53.0 Å². The van der Waals surface area contributed by atoms with Crippen LogP contribution in [0.25, 0.3) is 0 Å². The van der Waals surface area contributed by atoms with Gasteiger partial charge in [-0.2, -0.15) is 0 Å². The first kappa shape index (κ1) is 18.3. The molecule has 4 nitrogen and oxygen atoms in total. The van der Waals surface area contributed by atoms with Crippen LogP contribution in [-0.4, -0.2) is 18.0 Å². The second kappa shape index (κ2) is 8.18. The minimum Gasteiger partial charge on any atom is -0.449 e.